The molecule has 2 aromatic carbocycles. The van der Waals surface area contributed by atoms with Gasteiger partial charge in [-0.05, 0) is 63.8 Å². The summed E-state index contributed by atoms with van der Waals surface area (Å²) in [5, 5.41) is 10.0. The van der Waals surface area contributed by atoms with Crippen molar-refractivity contribution in [3.8, 4) is 17.0 Å². The largest absolute Gasteiger partial charge is 0.493 e. The van der Waals surface area contributed by atoms with Crippen molar-refractivity contribution in [2.45, 2.75) is 13.3 Å². The highest BCUT2D eigenvalue weighted by Gasteiger charge is 2.13. The number of nitrogens with zero attached hydrogens (tertiary/aromatic N) is 3. The quantitative estimate of drug-likeness (QED) is 0.544. The number of benzene rings is 2. The van der Waals surface area contributed by atoms with Crippen LogP contribution in [0.5, 0.6) is 5.75 Å². The van der Waals surface area contributed by atoms with E-state index in [1.165, 1.54) is 0 Å². The summed E-state index contributed by atoms with van der Waals surface area (Å²) in [6, 6.07) is 14.9. The van der Waals surface area contributed by atoms with E-state index in [0.29, 0.717) is 12.3 Å². The molecule has 7 heteroatoms. The van der Waals surface area contributed by atoms with Gasteiger partial charge in [0.2, 0.25) is 0 Å². The number of nitrogens with one attached hydrogen (secondary N) is 2. The van der Waals surface area contributed by atoms with Crippen molar-refractivity contribution < 1.29 is 9.53 Å². The predicted molar refractivity (Wildman–Crippen MR) is 121 cm³/mol. The molecule has 2 N–H and O–H groups in total. The van der Waals surface area contributed by atoms with Gasteiger partial charge in [-0.25, -0.2) is 4.79 Å². The summed E-state index contributed by atoms with van der Waals surface area (Å²) in [6.07, 6.45) is 2.67. The molecule has 0 unspecified atom stereocenters. The molecule has 7 nitrogen and oxygen atoms in total. The molecule has 158 valence electrons. The van der Waals surface area contributed by atoms with Gasteiger partial charge in [0, 0.05) is 36.7 Å². The van der Waals surface area contributed by atoms with Crippen molar-refractivity contribution >= 4 is 17.4 Å². The molecule has 0 radical (unpaired) electrons. The molecule has 3 aromatic rings. The fraction of sp³-hybridized carbons (Fsp3) is 0.304. The summed E-state index contributed by atoms with van der Waals surface area (Å²) in [7, 11) is 5.97. The Bertz CT molecular complexity index is 980. The second kappa shape index (κ2) is 9.93. The zero-order valence-corrected chi connectivity index (χ0v) is 18.0. The van der Waals surface area contributed by atoms with Crippen LogP contribution < -0.4 is 15.4 Å². The number of rotatable bonds is 8. The Labute approximate surface area is 177 Å². The molecule has 0 aliphatic rings. The zero-order chi connectivity index (χ0) is 21.5. The van der Waals surface area contributed by atoms with Gasteiger partial charge in [0.15, 0.2) is 0 Å². The summed E-state index contributed by atoms with van der Waals surface area (Å²) in [6.45, 7) is 3.58. The second-order valence-electron chi connectivity index (χ2n) is 7.50. The first-order valence-corrected chi connectivity index (χ1v) is 9.97. The van der Waals surface area contributed by atoms with Crippen LogP contribution in [0, 0.1) is 6.92 Å². The molecule has 0 aliphatic heterocycles. The fourth-order valence-electron chi connectivity index (χ4n) is 3.07. The summed E-state index contributed by atoms with van der Waals surface area (Å²) < 4.78 is 7.83. The van der Waals surface area contributed by atoms with Crippen LogP contribution in [0.3, 0.4) is 0 Å². The smallest absolute Gasteiger partial charge is 0.323 e. The SMILES string of the molecule is Cc1ccc(NC(=O)Nc2ccc(OCCCN(C)C)c(-c3ccnn3C)c2)cc1. The number of hydrogen-bond donors (Lipinski definition) is 2. The van der Waals surface area contributed by atoms with Crippen LogP contribution in [0.25, 0.3) is 11.3 Å². The number of carbonyl (C=O) groups excluding carboxylic acids is 1. The maximum Gasteiger partial charge on any atom is 0.323 e. The summed E-state index contributed by atoms with van der Waals surface area (Å²) >= 11 is 0. The molecule has 30 heavy (non-hydrogen) atoms. The molecular weight excluding hydrogens is 378 g/mol. The van der Waals surface area contributed by atoms with Crippen molar-refractivity contribution in [1.29, 1.82) is 0 Å². The van der Waals surface area contributed by atoms with E-state index in [4.69, 9.17) is 4.74 Å². The lowest BCUT2D eigenvalue weighted by atomic mass is 10.1. The molecule has 3 rings (SSSR count). The van der Waals surface area contributed by atoms with Gasteiger partial charge in [-0.2, -0.15) is 5.10 Å². The topological polar surface area (TPSA) is 71.4 Å². The number of hydrogen-bond acceptors (Lipinski definition) is 4. The molecule has 0 spiro atoms. The van der Waals surface area contributed by atoms with Crippen molar-refractivity contribution in [3.05, 3.63) is 60.3 Å². The number of urea groups is 1. The van der Waals surface area contributed by atoms with Crippen LogP contribution >= 0.6 is 0 Å². The molecule has 2 amide bonds. The first kappa shape index (κ1) is 21.4. The van der Waals surface area contributed by atoms with Gasteiger partial charge in [-0.1, -0.05) is 17.7 Å². The summed E-state index contributed by atoms with van der Waals surface area (Å²) in [4.78, 5) is 14.5. The Morgan fingerprint density at radius 1 is 1.07 bits per heavy atom. The normalized spacial score (nSPS) is 10.8. The van der Waals surface area contributed by atoms with Gasteiger partial charge < -0.3 is 20.3 Å². The fourth-order valence-corrected chi connectivity index (χ4v) is 3.07. The van der Waals surface area contributed by atoms with Gasteiger partial charge in [0.25, 0.3) is 0 Å². The monoisotopic (exact) mass is 407 g/mol. The standard InChI is InChI=1S/C23H29N5O2/c1-17-6-8-18(9-7-17)25-23(29)26-19-10-11-22(30-15-5-14-27(2)3)20(16-19)21-12-13-24-28(21)4/h6-13,16H,5,14-15H2,1-4H3,(H2,25,26,29). The van der Waals surface area contributed by atoms with Crippen LogP contribution in [0.4, 0.5) is 16.2 Å². The second-order valence-corrected chi connectivity index (χ2v) is 7.50. The minimum absolute atomic E-state index is 0.297. The minimum atomic E-state index is -0.297. The molecule has 0 bridgehead atoms. The van der Waals surface area contributed by atoms with E-state index in [1.54, 1.807) is 10.9 Å². The average Bonchev–Trinajstić information content (AvgIpc) is 3.13. The van der Waals surface area contributed by atoms with E-state index in [1.807, 2.05) is 76.6 Å². The number of ether oxygens (including phenoxy) is 1. The van der Waals surface area contributed by atoms with Gasteiger partial charge in [-0.15, -0.1) is 0 Å². The van der Waals surface area contributed by atoms with Crippen molar-refractivity contribution in [2.75, 3.05) is 37.9 Å². The number of carbonyl (C=O) groups is 1. The third-order valence-corrected chi connectivity index (χ3v) is 4.65. The molecular formula is C23H29N5O2. The van der Waals surface area contributed by atoms with Crippen molar-refractivity contribution in [2.24, 2.45) is 7.05 Å². The van der Waals surface area contributed by atoms with Gasteiger partial charge in [-0.3, -0.25) is 4.68 Å². The van der Waals surface area contributed by atoms with E-state index in [9.17, 15) is 4.79 Å². The van der Waals surface area contributed by atoms with Gasteiger partial charge in [0.1, 0.15) is 5.75 Å². The molecule has 0 atom stereocenters. The lowest BCUT2D eigenvalue weighted by molar-refractivity contribution is 0.262. The molecule has 0 saturated heterocycles. The van der Waals surface area contributed by atoms with Crippen LogP contribution in [0.1, 0.15) is 12.0 Å². The Morgan fingerprint density at radius 2 is 1.77 bits per heavy atom. The maximum absolute atomic E-state index is 12.4. The van der Waals surface area contributed by atoms with Crippen LogP contribution in [0.15, 0.2) is 54.7 Å². The van der Waals surface area contributed by atoms with E-state index >= 15 is 0 Å². The van der Waals surface area contributed by atoms with Crippen molar-refractivity contribution in [3.63, 3.8) is 0 Å². The lowest BCUT2D eigenvalue weighted by Crippen LogP contribution is -2.19. The number of aryl methyl sites for hydroxylation is 2. The minimum Gasteiger partial charge on any atom is -0.493 e. The Hall–Kier alpha value is -3.32. The van der Waals surface area contributed by atoms with E-state index in [2.05, 4.69) is 20.6 Å². The molecule has 1 heterocycles. The molecule has 0 aliphatic carbocycles. The predicted octanol–water partition coefficient (Wildman–Crippen LogP) is 4.37. The van der Waals surface area contributed by atoms with Gasteiger partial charge in [0.05, 0.1) is 12.3 Å². The van der Waals surface area contributed by atoms with Crippen LogP contribution in [-0.2, 0) is 7.05 Å². The van der Waals surface area contributed by atoms with E-state index in [-0.39, 0.29) is 6.03 Å². The summed E-state index contributed by atoms with van der Waals surface area (Å²) in [5.41, 5.74) is 4.36. The van der Waals surface area contributed by atoms with E-state index in [0.717, 1.165) is 41.2 Å². The Kier molecular flexibility index (Phi) is 7.08. The third-order valence-electron chi connectivity index (χ3n) is 4.65. The third kappa shape index (κ3) is 5.84. The highest BCUT2D eigenvalue weighted by molar-refractivity contribution is 6.00. The first-order valence-electron chi connectivity index (χ1n) is 9.97. The van der Waals surface area contributed by atoms with Crippen LogP contribution in [-0.4, -0.2) is 48.0 Å². The van der Waals surface area contributed by atoms with E-state index < -0.39 is 0 Å². The van der Waals surface area contributed by atoms with Crippen LogP contribution in [0.2, 0.25) is 0 Å². The summed E-state index contributed by atoms with van der Waals surface area (Å²) in [5.74, 6) is 0.766. The number of amides is 2. The average molecular weight is 408 g/mol. The Balaban J connectivity index is 1.74. The lowest BCUT2D eigenvalue weighted by Gasteiger charge is -2.15. The molecule has 0 fully saturated rings. The van der Waals surface area contributed by atoms with Crippen molar-refractivity contribution in [1.82, 2.24) is 14.7 Å². The Morgan fingerprint density at radius 3 is 2.43 bits per heavy atom. The molecule has 0 saturated carbocycles. The number of anilines is 2. The first-order chi connectivity index (χ1) is 14.4. The van der Waals surface area contributed by atoms with Gasteiger partial charge >= 0.3 is 6.03 Å². The maximum atomic E-state index is 12.4. The highest BCUT2D eigenvalue weighted by Crippen LogP contribution is 2.32. The zero-order valence-electron chi connectivity index (χ0n) is 18.0. The highest BCUT2D eigenvalue weighted by atomic mass is 16.5. The molecule has 1 aromatic heterocycles. The number of aromatic nitrogens is 2.